The highest BCUT2D eigenvalue weighted by Gasteiger charge is 2.19. The summed E-state index contributed by atoms with van der Waals surface area (Å²) in [4.78, 5) is 0. The third-order valence-corrected chi connectivity index (χ3v) is 3.54. The Balaban J connectivity index is 1.61. The van der Waals surface area contributed by atoms with Crippen LogP contribution in [-0.4, -0.2) is 19.2 Å². The molecule has 0 atom stereocenters. The van der Waals surface area contributed by atoms with E-state index in [1.54, 1.807) is 0 Å². The summed E-state index contributed by atoms with van der Waals surface area (Å²) in [5.74, 6) is 0.760. The van der Waals surface area contributed by atoms with Crippen molar-refractivity contribution in [3.63, 3.8) is 0 Å². The van der Waals surface area contributed by atoms with E-state index in [1.165, 1.54) is 12.8 Å². The van der Waals surface area contributed by atoms with Crippen LogP contribution >= 0.6 is 27.5 Å². The van der Waals surface area contributed by atoms with Crippen LogP contribution in [-0.2, 0) is 0 Å². The second kappa shape index (κ2) is 6.62. The van der Waals surface area contributed by atoms with Gasteiger partial charge in [-0.3, -0.25) is 0 Å². The van der Waals surface area contributed by atoms with Crippen molar-refractivity contribution in [1.29, 1.82) is 0 Å². The topological polar surface area (TPSA) is 21.3 Å². The van der Waals surface area contributed by atoms with Crippen LogP contribution in [0.2, 0.25) is 5.02 Å². The number of hydrogen-bond acceptors (Lipinski definition) is 2. The maximum absolute atomic E-state index is 6.03. The molecular weight excluding hydrogens is 302 g/mol. The predicted molar refractivity (Wildman–Crippen MR) is 74.9 cm³/mol. The number of ether oxygens (including phenoxy) is 1. The Kier molecular flexibility index (Phi) is 5.14. The Bertz CT molecular complexity index is 368. The van der Waals surface area contributed by atoms with Crippen LogP contribution in [0.25, 0.3) is 0 Å². The highest BCUT2D eigenvalue weighted by molar-refractivity contribution is 9.10. The number of rotatable bonds is 7. The monoisotopic (exact) mass is 317 g/mol. The lowest BCUT2D eigenvalue weighted by Crippen LogP contribution is -2.17. The summed E-state index contributed by atoms with van der Waals surface area (Å²) in [6, 6.07) is 6.46. The fraction of sp³-hybridized carbons (Fsp3) is 0.538. The van der Waals surface area contributed by atoms with Crippen molar-refractivity contribution in [2.24, 2.45) is 0 Å². The van der Waals surface area contributed by atoms with Gasteiger partial charge in [-0.25, -0.2) is 0 Å². The summed E-state index contributed by atoms with van der Waals surface area (Å²) in [5.41, 5.74) is 0. The van der Waals surface area contributed by atoms with Gasteiger partial charge in [0, 0.05) is 10.5 Å². The third kappa shape index (κ3) is 4.86. The standard InChI is InChI=1S/C13H17BrClNO/c14-10-3-6-12(15)13(9-10)17-8-2-1-7-16-11-4-5-11/h3,6,9,11,16H,1-2,4-5,7-8H2. The van der Waals surface area contributed by atoms with Gasteiger partial charge in [0.05, 0.1) is 11.6 Å². The Morgan fingerprint density at radius 1 is 1.35 bits per heavy atom. The molecule has 1 aromatic carbocycles. The molecule has 0 amide bonds. The lowest BCUT2D eigenvalue weighted by Gasteiger charge is -2.08. The van der Waals surface area contributed by atoms with Gasteiger partial charge < -0.3 is 10.1 Å². The van der Waals surface area contributed by atoms with Gasteiger partial charge >= 0.3 is 0 Å². The first-order chi connectivity index (χ1) is 8.25. The van der Waals surface area contributed by atoms with Crippen molar-refractivity contribution in [3.8, 4) is 5.75 Å². The van der Waals surface area contributed by atoms with Crippen LogP contribution in [0.5, 0.6) is 5.75 Å². The van der Waals surface area contributed by atoms with Gasteiger partial charge in [-0.2, -0.15) is 0 Å². The van der Waals surface area contributed by atoms with E-state index in [9.17, 15) is 0 Å². The summed E-state index contributed by atoms with van der Waals surface area (Å²) in [5, 5.41) is 4.16. The van der Waals surface area contributed by atoms with Gasteiger partial charge in [0.15, 0.2) is 0 Å². The molecule has 1 N–H and O–H groups in total. The van der Waals surface area contributed by atoms with Gasteiger partial charge in [-0.1, -0.05) is 27.5 Å². The van der Waals surface area contributed by atoms with E-state index in [1.807, 2.05) is 18.2 Å². The minimum atomic E-state index is 0.671. The molecule has 0 radical (unpaired) electrons. The molecule has 1 saturated carbocycles. The van der Waals surface area contributed by atoms with E-state index in [4.69, 9.17) is 16.3 Å². The zero-order chi connectivity index (χ0) is 12.1. The third-order valence-electron chi connectivity index (χ3n) is 2.73. The quantitative estimate of drug-likeness (QED) is 0.767. The highest BCUT2D eigenvalue weighted by Crippen LogP contribution is 2.28. The molecule has 17 heavy (non-hydrogen) atoms. The average molecular weight is 319 g/mol. The lowest BCUT2D eigenvalue weighted by molar-refractivity contribution is 0.305. The molecule has 0 aromatic heterocycles. The molecule has 2 nitrogen and oxygen atoms in total. The van der Waals surface area contributed by atoms with Crippen molar-refractivity contribution < 1.29 is 4.74 Å². The van der Waals surface area contributed by atoms with Crippen LogP contribution in [0.3, 0.4) is 0 Å². The lowest BCUT2D eigenvalue weighted by atomic mass is 10.3. The van der Waals surface area contributed by atoms with E-state index < -0.39 is 0 Å². The van der Waals surface area contributed by atoms with Crippen molar-refractivity contribution in [2.75, 3.05) is 13.2 Å². The first kappa shape index (κ1) is 13.2. The van der Waals surface area contributed by atoms with E-state index in [0.29, 0.717) is 5.02 Å². The zero-order valence-corrected chi connectivity index (χ0v) is 12.1. The first-order valence-corrected chi connectivity index (χ1v) is 7.24. The fourth-order valence-corrected chi connectivity index (χ4v) is 2.10. The number of nitrogens with one attached hydrogen (secondary N) is 1. The van der Waals surface area contributed by atoms with Gasteiger partial charge in [0.25, 0.3) is 0 Å². The van der Waals surface area contributed by atoms with Gasteiger partial charge in [0.1, 0.15) is 5.75 Å². The van der Waals surface area contributed by atoms with Crippen molar-refractivity contribution in [2.45, 2.75) is 31.7 Å². The summed E-state index contributed by atoms with van der Waals surface area (Å²) in [6.07, 6.45) is 4.92. The molecule has 0 heterocycles. The molecule has 0 spiro atoms. The van der Waals surface area contributed by atoms with E-state index >= 15 is 0 Å². The number of hydrogen-bond donors (Lipinski definition) is 1. The molecule has 4 heteroatoms. The molecule has 1 aliphatic carbocycles. The minimum Gasteiger partial charge on any atom is -0.492 e. The van der Waals surface area contributed by atoms with E-state index in [0.717, 1.165) is 42.3 Å². The van der Waals surface area contributed by atoms with E-state index in [-0.39, 0.29) is 0 Å². The highest BCUT2D eigenvalue weighted by atomic mass is 79.9. The number of benzene rings is 1. The van der Waals surface area contributed by atoms with Gasteiger partial charge in [-0.15, -0.1) is 0 Å². The fourth-order valence-electron chi connectivity index (χ4n) is 1.59. The molecule has 1 aromatic rings. The van der Waals surface area contributed by atoms with Crippen molar-refractivity contribution >= 4 is 27.5 Å². The van der Waals surface area contributed by atoms with E-state index in [2.05, 4.69) is 21.2 Å². The maximum atomic E-state index is 6.03. The summed E-state index contributed by atoms with van der Waals surface area (Å²) < 4.78 is 6.64. The van der Waals surface area contributed by atoms with Crippen LogP contribution in [0.4, 0.5) is 0 Å². The maximum Gasteiger partial charge on any atom is 0.139 e. The van der Waals surface area contributed by atoms with Crippen molar-refractivity contribution in [3.05, 3.63) is 27.7 Å². The van der Waals surface area contributed by atoms with Crippen molar-refractivity contribution in [1.82, 2.24) is 5.32 Å². The second-order valence-electron chi connectivity index (χ2n) is 4.36. The molecule has 1 fully saturated rings. The largest absolute Gasteiger partial charge is 0.492 e. The summed E-state index contributed by atoms with van der Waals surface area (Å²) in [7, 11) is 0. The molecular formula is C13H17BrClNO. The molecule has 0 unspecified atom stereocenters. The molecule has 0 bridgehead atoms. The SMILES string of the molecule is Clc1ccc(Br)cc1OCCCCNC1CC1. The van der Waals surface area contributed by atoms with Gasteiger partial charge in [0.2, 0.25) is 0 Å². The Labute approximate surface area is 116 Å². The molecule has 2 rings (SSSR count). The number of halogens is 2. The number of unbranched alkanes of at least 4 members (excludes halogenated alkanes) is 1. The van der Waals surface area contributed by atoms with Crippen LogP contribution in [0.1, 0.15) is 25.7 Å². The first-order valence-electron chi connectivity index (χ1n) is 6.07. The van der Waals surface area contributed by atoms with Crippen LogP contribution in [0.15, 0.2) is 22.7 Å². The average Bonchev–Trinajstić information content (AvgIpc) is 3.11. The van der Waals surface area contributed by atoms with Crippen LogP contribution < -0.4 is 10.1 Å². The molecule has 1 aliphatic rings. The normalized spacial score (nSPS) is 14.9. The Hall–Kier alpha value is -0.250. The van der Waals surface area contributed by atoms with Crippen LogP contribution in [0, 0.1) is 0 Å². The summed E-state index contributed by atoms with van der Waals surface area (Å²) in [6.45, 7) is 1.82. The zero-order valence-electron chi connectivity index (χ0n) is 9.72. The smallest absolute Gasteiger partial charge is 0.139 e. The minimum absolute atomic E-state index is 0.671. The summed E-state index contributed by atoms with van der Waals surface area (Å²) >= 11 is 9.43. The Morgan fingerprint density at radius 2 is 2.18 bits per heavy atom. The molecule has 0 saturated heterocycles. The second-order valence-corrected chi connectivity index (χ2v) is 5.68. The Morgan fingerprint density at radius 3 is 2.94 bits per heavy atom. The molecule has 0 aliphatic heterocycles. The van der Waals surface area contributed by atoms with Gasteiger partial charge in [-0.05, 0) is 50.4 Å². The predicted octanol–water partition coefficient (Wildman–Crippen LogP) is 4.01. The molecule has 94 valence electrons.